The van der Waals surface area contributed by atoms with E-state index in [1.165, 1.54) is 31.3 Å². The molecule has 3 saturated carbocycles. The van der Waals surface area contributed by atoms with Crippen molar-refractivity contribution < 1.29 is 10.3 Å². The maximum atomic E-state index is 10.1. The van der Waals surface area contributed by atoms with Gasteiger partial charge in [-0.2, -0.15) is 0 Å². The first-order valence-corrected chi connectivity index (χ1v) is 9.73. The second-order valence-corrected chi connectivity index (χ2v) is 9.11. The van der Waals surface area contributed by atoms with Crippen LogP contribution in [0.2, 0.25) is 0 Å². The van der Waals surface area contributed by atoms with Crippen molar-refractivity contribution in [3.05, 3.63) is 23.3 Å². The molecule has 0 aliphatic heterocycles. The lowest BCUT2D eigenvalue weighted by atomic mass is 9.48. The highest BCUT2D eigenvalue weighted by Gasteiger charge is 2.56. The quantitative estimate of drug-likeness (QED) is 0.317. The van der Waals surface area contributed by atoms with Crippen LogP contribution in [0.15, 0.2) is 28.5 Å². The van der Waals surface area contributed by atoms with Crippen LogP contribution in [0, 0.1) is 28.6 Å². The van der Waals surface area contributed by atoms with Crippen molar-refractivity contribution in [2.45, 2.75) is 71.3 Å². The Labute approximate surface area is 145 Å². The van der Waals surface area contributed by atoms with Gasteiger partial charge in [0.1, 0.15) is 0 Å². The number of fused-ring (bicyclic) bond motifs is 5. The van der Waals surface area contributed by atoms with Crippen LogP contribution in [0.1, 0.15) is 65.2 Å². The first-order valence-electron chi connectivity index (χ1n) is 9.73. The Kier molecular flexibility index (Phi) is 3.91. The highest BCUT2D eigenvalue weighted by atomic mass is 16.4. The minimum atomic E-state index is -0.117. The van der Waals surface area contributed by atoms with Gasteiger partial charge in [0.05, 0.1) is 12.3 Å². The van der Waals surface area contributed by atoms with Crippen LogP contribution in [0.3, 0.4) is 0 Å². The zero-order chi connectivity index (χ0) is 16.9. The van der Waals surface area contributed by atoms with E-state index < -0.39 is 0 Å². The van der Waals surface area contributed by atoms with Crippen molar-refractivity contribution in [2.24, 2.45) is 33.7 Å². The molecule has 4 rings (SSSR count). The van der Waals surface area contributed by atoms with Crippen LogP contribution < -0.4 is 0 Å². The van der Waals surface area contributed by atoms with E-state index in [4.69, 9.17) is 5.21 Å². The van der Waals surface area contributed by atoms with Gasteiger partial charge in [-0.3, -0.25) is 0 Å². The number of oxime groups is 1. The fraction of sp³-hybridized carbons (Fsp3) is 0.762. The van der Waals surface area contributed by atoms with Gasteiger partial charge in [-0.1, -0.05) is 36.2 Å². The molecular weight excluding hydrogens is 298 g/mol. The third-order valence-electron chi connectivity index (χ3n) is 8.27. The van der Waals surface area contributed by atoms with E-state index in [1.54, 1.807) is 11.8 Å². The average molecular weight is 329 g/mol. The van der Waals surface area contributed by atoms with Crippen LogP contribution in [0.5, 0.6) is 0 Å². The molecule has 4 aliphatic rings. The van der Waals surface area contributed by atoms with Crippen molar-refractivity contribution in [1.29, 1.82) is 0 Å². The molecule has 0 bridgehead atoms. The smallest absolute Gasteiger partial charge is 0.0661 e. The first kappa shape index (κ1) is 16.4. The second-order valence-electron chi connectivity index (χ2n) is 9.11. The molecule has 3 heteroatoms. The Morgan fingerprint density at radius 3 is 2.67 bits per heavy atom. The highest BCUT2D eigenvalue weighted by Crippen LogP contribution is 2.66. The summed E-state index contributed by atoms with van der Waals surface area (Å²) < 4.78 is 0. The molecule has 4 unspecified atom stereocenters. The summed E-state index contributed by atoms with van der Waals surface area (Å²) in [4.78, 5) is 0. The lowest BCUT2D eigenvalue weighted by Gasteiger charge is -2.57. The first-order chi connectivity index (χ1) is 11.5. The molecule has 0 aromatic heterocycles. The van der Waals surface area contributed by atoms with Crippen molar-refractivity contribution in [3.8, 4) is 0 Å². The van der Waals surface area contributed by atoms with Gasteiger partial charge in [-0.15, -0.1) is 0 Å². The number of hydrogen-bond donors (Lipinski definition) is 2. The minimum absolute atomic E-state index is 0.117. The lowest BCUT2D eigenvalue weighted by Crippen LogP contribution is -2.49. The summed E-state index contributed by atoms with van der Waals surface area (Å²) in [6, 6.07) is 0. The number of rotatable bonds is 1. The molecule has 3 fully saturated rings. The zero-order valence-corrected chi connectivity index (χ0v) is 15.0. The van der Waals surface area contributed by atoms with Gasteiger partial charge in [-0.05, 0) is 86.0 Å². The maximum Gasteiger partial charge on any atom is 0.0661 e. The Hall–Kier alpha value is -1.09. The molecule has 6 atom stereocenters. The minimum Gasteiger partial charge on any atom is -0.411 e. The summed E-state index contributed by atoms with van der Waals surface area (Å²) in [6.07, 6.45) is 15.2. The summed E-state index contributed by atoms with van der Waals surface area (Å²) in [7, 11) is 0. The molecular formula is C21H31NO2. The number of hydrogen-bond acceptors (Lipinski definition) is 3. The van der Waals surface area contributed by atoms with Crippen molar-refractivity contribution >= 4 is 6.21 Å². The molecule has 3 nitrogen and oxygen atoms in total. The molecule has 0 aromatic carbocycles. The molecule has 0 heterocycles. The maximum absolute atomic E-state index is 10.1. The van der Waals surface area contributed by atoms with E-state index >= 15 is 0 Å². The van der Waals surface area contributed by atoms with E-state index in [0.29, 0.717) is 5.41 Å². The van der Waals surface area contributed by atoms with Gasteiger partial charge in [0.2, 0.25) is 0 Å². The van der Waals surface area contributed by atoms with E-state index in [2.05, 4.69) is 31.2 Å². The SMILES string of the molecule is C[C@]12CCC(O)CC1=CCC1C2CC[C@]2(C)/C(=C\C=N\O)CCC12. The van der Waals surface area contributed by atoms with E-state index in [-0.39, 0.29) is 11.5 Å². The molecule has 4 aliphatic carbocycles. The molecule has 2 N–H and O–H groups in total. The molecule has 0 amide bonds. The van der Waals surface area contributed by atoms with E-state index in [1.807, 2.05) is 0 Å². The van der Waals surface area contributed by atoms with Crippen LogP contribution in [0.4, 0.5) is 0 Å². The standard InChI is InChI=1S/C21H31NO2/c1-20-11-8-19-17(18(20)6-4-14(20)9-12-22-24)5-3-15-13-16(23)7-10-21(15,19)2/h3,9,12,16-19,23-24H,4-8,10-11,13H2,1-2H3/b14-9-,22-12+/t16?,17?,18?,19?,20-,21+/m1/s1. The molecule has 0 aromatic rings. The normalized spacial score (nSPS) is 49.6. The Bertz CT molecular complexity index is 607. The zero-order valence-electron chi connectivity index (χ0n) is 15.0. The number of allylic oxidation sites excluding steroid dienone is 3. The van der Waals surface area contributed by atoms with Gasteiger partial charge in [-0.25, -0.2) is 0 Å². The van der Waals surface area contributed by atoms with E-state index in [0.717, 1.165) is 43.4 Å². The fourth-order valence-corrected chi connectivity index (χ4v) is 6.89. The highest BCUT2D eigenvalue weighted by molar-refractivity contribution is 5.72. The molecule has 0 saturated heterocycles. The van der Waals surface area contributed by atoms with Gasteiger partial charge < -0.3 is 10.3 Å². The van der Waals surface area contributed by atoms with Crippen LogP contribution >= 0.6 is 0 Å². The molecule has 132 valence electrons. The monoisotopic (exact) mass is 329 g/mol. The fourth-order valence-electron chi connectivity index (χ4n) is 6.89. The molecule has 0 spiro atoms. The van der Waals surface area contributed by atoms with Gasteiger partial charge in [0.15, 0.2) is 0 Å². The summed E-state index contributed by atoms with van der Waals surface area (Å²) >= 11 is 0. The average Bonchev–Trinajstić information content (AvgIpc) is 2.90. The summed E-state index contributed by atoms with van der Waals surface area (Å²) in [6.45, 7) is 4.93. The summed E-state index contributed by atoms with van der Waals surface area (Å²) in [5.74, 6) is 2.33. The summed E-state index contributed by atoms with van der Waals surface area (Å²) in [5, 5.41) is 22.0. The largest absolute Gasteiger partial charge is 0.411 e. The lowest BCUT2D eigenvalue weighted by molar-refractivity contribution is -0.0267. The molecule has 0 radical (unpaired) electrons. The van der Waals surface area contributed by atoms with Crippen LogP contribution in [-0.2, 0) is 0 Å². The third-order valence-corrected chi connectivity index (χ3v) is 8.27. The third kappa shape index (κ3) is 2.23. The van der Waals surface area contributed by atoms with Crippen molar-refractivity contribution in [1.82, 2.24) is 0 Å². The van der Waals surface area contributed by atoms with Crippen molar-refractivity contribution in [2.75, 3.05) is 0 Å². The van der Waals surface area contributed by atoms with Gasteiger partial charge in [0, 0.05) is 0 Å². The van der Waals surface area contributed by atoms with E-state index in [9.17, 15) is 5.11 Å². The predicted molar refractivity (Wildman–Crippen MR) is 96.1 cm³/mol. The van der Waals surface area contributed by atoms with Gasteiger partial charge >= 0.3 is 0 Å². The second kappa shape index (κ2) is 5.72. The van der Waals surface area contributed by atoms with Gasteiger partial charge in [0.25, 0.3) is 0 Å². The Balaban J connectivity index is 1.65. The van der Waals surface area contributed by atoms with Crippen LogP contribution in [-0.4, -0.2) is 22.6 Å². The number of aliphatic hydroxyl groups excluding tert-OH is 1. The predicted octanol–water partition coefficient (Wildman–Crippen LogP) is 4.70. The van der Waals surface area contributed by atoms with Crippen LogP contribution in [0.25, 0.3) is 0 Å². The Morgan fingerprint density at radius 2 is 1.88 bits per heavy atom. The number of nitrogens with zero attached hydrogens (tertiary/aromatic N) is 1. The molecule has 24 heavy (non-hydrogen) atoms. The topological polar surface area (TPSA) is 52.8 Å². The number of aliphatic hydroxyl groups is 1. The summed E-state index contributed by atoms with van der Waals surface area (Å²) in [5.41, 5.74) is 3.65. The van der Waals surface area contributed by atoms with Crippen molar-refractivity contribution in [3.63, 3.8) is 0 Å². The Morgan fingerprint density at radius 1 is 1.12 bits per heavy atom.